The maximum Gasteiger partial charge on any atom is 0.100 e. The van der Waals surface area contributed by atoms with Crippen molar-refractivity contribution in [1.82, 2.24) is 5.32 Å². The fourth-order valence-corrected chi connectivity index (χ4v) is 2.58. The van der Waals surface area contributed by atoms with Gasteiger partial charge in [0.15, 0.2) is 0 Å². The molecule has 19 heavy (non-hydrogen) atoms. The predicted molar refractivity (Wildman–Crippen MR) is 84.3 cm³/mol. The molecule has 1 aromatic rings. The molecule has 1 unspecified atom stereocenters. The van der Waals surface area contributed by atoms with E-state index in [0.29, 0.717) is 16.6 Å². The van der Waals surface area contributed by atoms with Gasteiger partial charge in [0.2, 0.25) is 0 Å². The molecule has 1 atom stereocenters. The van der Waals surface area contributed by atoms with E-state index in [2.05, 4.69) is 5.32 Å². The van der Waals surface area contributed by atoms with Crippen LogP contribution in [0.4, 0.5) is 0 Å². The Labute approximate surface area is 119 Å². The van der Waals surface area contributed by atoms with Gasteiger partial charge in [-0.25, -0.2) is 0 Å². The van der Waals surface area contributed by atoms with Gasteiger partial charge in [-0.15, -0.1) is 0 Å². The van der Waals surface area contributed by atoms with Gasteiger partial charge < -0.3 is 11.1 Å². The van der Waals surface area contributed by atoms with Gasteiger partial charge in [-0.3, -0.25) is 10.8 Å². The van der Waals surface area contributed by atoms with Gasteiger partial charge in [0.25, 0.3) is 0 Å². The summed E-state index contributed by atoms with van der Waals surface area (Å²) in [6, 6.07) is 9.54. The molecule has 0 aliphatic carbocycles. The number of unbranched alkanes of at least 4 members (excludes halogenated alkanes) is 1. The highest BCUT2D eigenvalue weighted by molar-refractivity contribution is 8.26. The molecule has 0 bridgehead atoms. The molecule has 0 aliphatic heterocycles. The van der Waals surface area contributed by atoms with Crippen LogP contribution >= 0.6 is 11.8 Å². The van der Waals surface area contributed by atoms with E-state index < -0.39 is 0 Å². The fraction of sp³-hybridized carbons (Fsp3) is 0.429. The van der Waals surface area contributed by atoms with Crippen LogP contribution in [-0.4, -0.2) is 29.7 Å². The average molecular weight is 278 g/mol. The quantitative estimate of drug-likeness (QED) is 0.351. The van der Waals surface area contributed by atoms with Gasteiger partial charge in [-0.05, 0) is 26.4 Å². The Bertz CT molecular complexity index is 405. The van der Waals surface area contributed by atoms with Crippen LogP contribution in [0.25, 0.3) is 0 Å². The van der Waals surface area contributed by atoms with Gasteiger partial charge >= 0.3 is 0 Å². The summed E-state index contributed by atoms with van der Waals surface area (Å²) in [5.41, 5.74) is 6.33. The largest absolute Gasteiger partial charge is 0.330 e. The van der Waals surface area contributed by atoms with Crippen LogP contribution in [0.15, 0.2) is 30.3 Å². The Morgan fingerprint density at radius 2 is 1.95 bits per heavy atom. The van der Waals surface area contributed by atoms with Crippen molar-refractivity contribution in [3.8, 4) is 0 Å². The number of rotatable bonds is 7. The Balaban J connectivity index is 2.50. The number of hydrogen-bond donors (Lipinski definition) is 4. The lowest BCUT2D eigenvalue weighted by Crippen LogP contribution is -2.32. The average Bonchev–Trinajstić information content (AvgIpc) is 2.44. The summed E-state index contributed by atoms with van der Waals surface area (Å²) in [7, 11) is 1.86. The van der Waals surface area contributed by atoms with E-state index in [0.717, 1.165) is 24.8 Å². The molecule has 5 heteroatoms. The van der Waals surface area contributed by atoms with Crippen molar-refractivity contribution in [2.75, 3.05) is 13.6 Å². The van der Waals surface area contributed by atoms with E-state index in [1.807, 2.05) is 37.4 Å². The third-order valence-corrected chi connectivity index (χ3v) is 3.80. The number of hydrogen-bond acceptors (Lipinski definition) is 5. The number of nitrogens with one attached hydrogen (secondary N) is 3. The maximum absolute atomic E-state index is 8.09. The zero-order valence-electron chi connectivity index (χ0n) is 11.3. The number of nitrogens with two attached hydrogens (primary N) is 1. The molecule has 0 spiro atoms. The van der Waals surface area contributed by atoms with Crippen LogP contribution < -0.4 is 11.1 Å². The molecule has 0 fully saturated rings. The van der Waals surface area contributed by atoms with Crippen molar-refractivity contribution in [1.29, 1.82) is 10.8 Å². The first-order valence-electron chi connectivity index (χ1n) is 6.46. The molecule has 0 aromatic heterocycles. The molecule has 4 nitrogen and oxygen atoms in total. The van der Waals surface area contributed by atoms with Crippen molar-refractivity contribution in [3.05, 3.63) is 35.9 Å². The molecular weight excluding hydrogens is 256 g/mol. The zero-order valence-corrected chi connectivity index (χ0v) is 12.1. The van der Waals surface area contributed by atoms with E-state index in [1.54, 1.807) is 0 Å². The molecule has 0 amide bonds. The number of benzene rings is 1. The van der Waals surface area contributed by atoms with Gasteiger partial charge in [-0.2, -0.15) is 0 Å². The molecule has 104 valence electrons. The lowest BCUT2D eigenvalue weighted by Gasteiger charge is -2.17. The molecule has 0 saturated heterocycles. The highest BCUT2D eigenvalue weighted by atomic mass is 32.2. The minimum Gasteiger partial charge on any atom is -0.330 e. The Morgan fingerprint density at radius 3 is 2.53 bits per heavy atom. The van der Waals surface area contributed by atoms with Crippen molar-refractivity contribution < 1.29 is 0 Å². The van der Waals surface area contributed by atoms with Crippen molar-refractivity contribution in [3.63, 3.8) is 0 Å². The first-order valence-corrected chi connectivity index (χ1v) is 7.28. The summed E-state index contributed by atoms with van der Waals surface area (Å²) >= 11 is 1.22. The topological polar surface area (TPSA) is 85.8 Å². The molecule has 1 aromatic carbocycles. The van der Waals surface area contributed by atoms with Gasteiger partial charge in [-0.1, -0.05) is 48.5 Å². The van der Waals surface area contributed by atoms with Crippen molar-refractivity contribution >= 4 is 21.8 Å². The second-order valence-electron chi connectivity index (χ2n) is 4.29. The van der Waals surface area contributed by atoms with E-state index in [4.69, 9.17) is 16.6 Å². The van der Waals surface area contributed by atoms with E-state index in [-0.39, 0.29) is 6.04 Å². The minimum atomic E-state index is 0.0145. The summed E-state index contributed by atoms with van der Waals surface area (Å²) < 4.78 is 0. The van der Waals surface area contributed by atoms with Crippen LogP contribution in [0.2, 0.25) is 0 Å². The smallest absolute Gasteiger partial charge is 0.100 e. The van der Waals surface area contributed by atoms with E-state index in [1.165, 1.54) is 11.8 Å². The van der Waals surface area contributed by atoms with Crippen LogP contribution in [0.3, 0.4) is 0 Å². The molecule has 0 saturated carbocycles. The SMILES string of the molecule is CNC(CCCCN)C(=N)SC(=N)c1ccccc1. The summed E-state index contributed by atoms with van der Waals surface area (Å²) in [5, 5.41) is 20.2. The van der Waals surface area contributed by atoms with Crippen molar-refractivity contribution in [2.45, 2.75) is 25.3 Å². The Kier molecular flexibility index (Phi) is 7.40. The second kappa shape index (κ2) is 8.85. The van der Waals surface area contributed by atoms with Crippen molar-refractivity contribution in [2.24, 2.45) is 5.73 Å². The summed E-state index contributed by atoms with van der Waals surface area (Å²) in [5.74, 6) is 0. The standard InChI is InChI=1S/C14H22N4S/c1-18-12(9-5-6-10-15)14(17)19-13(16)11-7-3-2-4-8-11/h2-4,7-8,12,16-18H,5-6,9-10,15H2,1H3. The van der Waals surface area contributed by atoms with Crippen LogP contribution in [0.1, 0.15) is 24.8 Å². The lowest BCUT2D eigenvalue weighted by molar-refractivity contribution is 0.594. The minimum absolute atomic E-state index is 0.0145. The third kappa shape index (κ3) is 5.55. The van der Waals surface area contributed by atoms with E-state index >= 15 is 0 Å². The van der Waals surface area contributed by atoms with Crippen LogP contribution in [0, 0.1) is 10.8 Å². The Hall–Kier alpha value is -1.17. The second-order valence-corrected chi connectivity index (χ2v) is 5.34. The third-order valence-electron chi connectivity index (χ3n) is 2.86. The Morgan fingerprint density at radius 1 is 1.26 bits per heavy atom. The first kappa shape index (κ1) is 15.9. The number of thioether (sulfide) groups is 1. The summed E-state index contributed by atoms with van der Waals surface area (Å²) in [6.45, 7) is 0.691. The molecule has 0 heterocycles. The molecule has 0 aliphatic rings. The highest BCUT2D eigenvalue weighted by Crippen LogP contribution is 2.17. The normalized spacial score (nSPS) is 12.1. The van der Waals surface area contributed by atoms with Gasteiger partial charge in [0.1, 0.15) is 5.04 Å². The van der Waals surface area contributed by atoms with Crippen LogP contribution in [-0.2, 0) is 0 Å². The van der Waals surface area contributed by atoms with Gasteiger partial charge in [0, 0.05) is 5.56 Å². The first-order chi connectivity index (χ1) is 9.19. The summed E-state index contributed by atoms with van der Waals surface area (Å²) in [6.07, 6.45) is 2.87. The molecule has 5 N–H and O–H groups in total. The molecule has 0 radical (unpaired) electrons. The predicted octanol–water partition coefficient (Wildman–Crippen LogP) is 2.44. The summed E-state index contributed by atoms with van der Waals surface area (Å²) in [4.78, 5) is 0. The van der Waals surface area contributed by atoms with Gasteiger partial charge in [0.05, 0.1) is 11.1 Å². The fourth-order valence-electron chi connectivity index (χ4n) is 1.73. The molecule has 1 rings (SSSR count). The molecular formula is C14H22N4S. The monoisotopic (exact) mass is 278 g/mol. The highest BCUT2D eigenvalue weighted by Gasteiger charge is 2.15. The lowest BCUT2D eigenvalue weighted by atomic mass is 10.1. The van der Waals surface area contributed by atoms with Crippen LogP contribution in [0.5, 0.6) is 0 Å². The zero-order chi connectivity index (χ0) is 14.1. The van der Waals surface area contributed by atoms with E-state index in [9.17, 15) is 0 Å². The maximum atomic E-state index is 8.09.